The van der Waals surface area contributed by atoms with E-state index in [-0.39, 0.29) is 6.04 Å². The second-order valence-electron chi connectivity index (χ2n) is 5.39. The number of aryl methyl sites for hydroxylation is 2. The fraction of sp³-hybridized carbons (Fsp3) is 0.333. The highest BCUT2D eigenvalue weighted by Crippen LogP contribution is 2.33. The molecule has 1 unspecified atom stereocenters. The standard InChI is InChI=1S/C18H24N2O/c1-13-9-10-14(2)15(11-13)17(12-19)20(3)16-7-5-6-8-18(16)21-4/h5-11,17H,12,19H2,1-4H3. The Hall–Kier alpha value is -2.00. The molecule has 0 saturated heterocycles. The molecule has 1 atom stereocenters. The predicted molar refractivity (Wildman–Crippen MR) is 89.1 cm³/mol. The Balaban J connectivity index is 2.43. The quantitative estimate of drug-likeness (QED) is 0.914. The van der Waals surface area contributed by atoms with Crippen molar-refractivity contribution in [3.05, 3.63) is 59.2 Å². The summed E-state index contributed by atoms with van der Waals surface area (Å²) in [6.45, 7) is 4.80. The van der Waals surface area contributed by atoms with E-state index in [0.29, 0.717) is 6.54 Å². The second kappa shape index (κ2) is 6.64. The summed E-state index contributed by atoms with van der Waals surface area (Å²) in [7, 11) is 3.76. The zero-order valence-electron chi connectivity index (χ0n) is 13.3. The number of rotatable bonds is 5. The molecule has 0 saturated carbocycles. The number of anilines is 1. The molecule has 2 aromatic carbocycles. The van der Waals surface area contributed by atoms with Crippen molar-refractivity contribution in [3.63, 3.8) is 0 Å². The number of hydrogen-bond acceptors (Lipinski definition) is 3. The van der Waals surface area contributed by atoms with Gasteiger partial charge in [0, 0.05) is 13.6 Å². The minimum atomic E-state index is 0.126. The first-order valence-corrected chi connectivity index (χ1v) is 7.21. The minimum absolute atomic E-state index is 0.126. The van der Waals surface area contributed by atoms with Crippen LogP contribution in [-0.2, 0) is 0 Å². The van der Waals surface area contributed by atoms with Crippen molar-refractivity contribution in [2.75, 3.05) is 25.6 Å². The number of nitrogens with two attached hydrogens (primary N) is 1. The molecule has 0 aliphatic carbocycles. The summed E-state index contributed by atoms with van der Waals surface area (Å²) >= 11 is 0. The van der Waals surface area contributed by atoms with Gasteiger partial charge in [0.25, 0.3) is 0 Å². The minimum Gasteiger partial charge on any atom is -0.495 e. The summed E-state index contributed by atoms with van der Waals surface area (Å²) in [6.07, 6.45) is 0. The smallest absolute Gasteiger partial charge is 0.142 e. The van der Waals surface area contributed by atoms with Gasteiger partial charge in [-0.05, 0) is 37.1 Å². The van der Waals surface area contributed by atoms with Crippen molar-refractivity contribution in [2.45, 2.75) is 19.9 Å². The third-order valence-electron chi connectivity index (χ3n) is 3.95. The fourth-order valence-corrected chi connectivity index (χ4v) is 2.70. The fourth-order valence-electron chi connectivity index (χ4n) is 2.70. The van der Waals surface area contributed by atoms with Crippen LogP contribution >= 0.6 is 0 Å². The molecule has 2 rings (SSSR count). The van der Waals surface area contributed by atoms with E-state index in [9.17, 15) is 0 Å². The van der Waals surface area contributed by atoms with Crippen molar-refractivity contribution in [3.8, 4) is 5.75 Å². The van der Waals surface area contributed by atoms with Crippen LogP contribution in [0.1, 0.15) is 22.7 Å². The molecule has 0 aliphatic heterocycles. The molecule has 0 amide bonds. The first kappa shape index (κ1) is 15.4. The van der Waals surface area contributed by atoms with Crippen LogP contribution in [0.4, 0.5) is 5.69 Å². The molecule has 3 nitrogen and oxygen atoms in total. The maximum atomic E-state index is 6.07. The van der Waals surface area contributed by atoms with Gasteiger partial charge in [-0.1, -0.05) is 35.9 Å². The molecule has 21 heavy (non-hydrogen) atoms. The molecule has 2 aromatic rings. The number of benzene rings is 2. The van der Waals surface area contributed by atoms with E-state index < -0.39 is 0 Å². The summed E-state index contributed by atoms with van der Waals surface area (Å²) in [5.41, 5.74) is 10.9. The lowest BCUT2D eigenvalue weighted by molar-refractivity contribution is 0.413. The molecule has 3 heteroatoms. The number of methoxy groups -OCH3 is 1. The van der Waals surface area contributed by atoms with E-state index in [2.05, 4.69) is 50.1 Å². The molecular weight excluding hydrogens is 260 g/mol. The van der Waals surface area contributed by atoms with Gasteiger partial charge in [0.2, 0.25) is 0 Å². The van der Waals surface area contributed by atoms with Crippen molar-refractivity contribution in [1.29, 1.82) is 0 Å². The van der Waals surface area contributed by atoms with Gasteiger partial charge in [-0.25, -0.2) is 0 Å². The lowest BCUT2D eigenvalue weighted by Crippen LogP contribution is -2.31. The highest BCUT2D eigenvalue weighted by atomic mass is 16.5. The van der Waals surface area contributed by atoms with Gasteiger partial charge >= 0.3 is 0 Å². The summed E-state index contributed by atoms with van der Waals surface area (Å²) in [5, 5.41) is 0. The molecule has 2 N–H and O–H groups in total. The number of nitrogens with zero attached hydrogens (tertiary/aromatic N) is 1. The Morgan fingerprint density at radius 1 is 1.14 bits per heavy atom. The second-order valence-corrected chi connectivity index (χ2v) is 5.39. The molecule has 0 bridgehead atoms. The monoisotopic (exact) mass is 284 g/mol. The molecule has 0 heterocycles. The maximum Gasteiger partial charge on any atom is 0.142 e. The van der Waals surface area contributed by atoms with Crippen LogP contribution in [0, 0.1) is 13.8 Å². The first-order chi connectivity index (χ1) is 10.1. The van der Waals surface area contributed by atoms with Crippen molar-refractivity contribution in [1.82, 2.24) is 0 Å². The van der Waals surface area contributed by atoms with Gasteiger partial charge in [-0.15, -0.1) is 0 Å². The number of ether oxygens (including phenoxy) is 1. The van der Waals surface area contributed by atoms with E-state index >= 15 is 0 Å². The van der Waals surface area contributed by atoms with E-state index in [0.717, 1.165) is 11.4 Å². The Morgan fingerprint density at radius 2 is 1.86 bits per heavy atom. The third-order valence-corrected chi connectivity index (χ3v) is 3.95. The molecule has 0 aromatic heterocycles. The molecule has 0 radical (unpaired) electrons. The summed E-state index contributed by atoms with van der Waals surface area (Å²) < 4.78 is 5.47. The van der Waals surface area contributed by atoms with Gasteiger partial charge < -0.3 is 15.4 Å². The zero-order valence-corrected chi connectivity index (χ0v) is 13.3. The average molecular weight is 284 g/mol. The number of hydrogen-bond donors (Lipinski definition) is 1. The lowest BCUT2D eigenvalue weighted by atomic mass is 9.97. The zero-order chi connectivity index (χ0) is 15.4. The van der Waals surface area contributed by atoms with Crippen LogP contribution in [0.2, 0.25) is 0 Å². The average Bonchev–Trinajstić information content (AvgIpc) is 2.51. The molecule has 0 spiro atoms. The highest BCUT2D eigenvalue weighted by molar-refractivity contribution is 5.59. The van der Waals surface area contributed by atoms with Crippen molar-refractivity contribution >= 4 is 5.69 Å². The SMILES string of the molecule is COc1ccccc1N(C)C(CN)c1cc(C)ccc1C. The van der Waals surface area contributed by atoms with Crippen LogP contribution in [-0.4, -0.2) is 20.7 Å². The van der Waals surface area contributed by atoms with E-state index in [1.165, 1.54) is 16.7 Å². The molecule has 0 fully saturated rings. The van der Waals surface area contributed by atoms with Gasteiger partial charge in [0.1, 0.15) is 5.75 Å². The van der Waals surface area contributed by atoms with Crippen molar-refractivity contribution in [2.24, 2.45) is 5.73 Å². The van der Waals surface area contributed by atoms with Crippen LogP contribution in [0.3, 0.4) is 0 Å². The summed E-state index contributed by atoms with van der Waals surface area (Å²) in [4.78, 5) is 2.20. The largest absolute Gasteiger partial charge is 0.495 e. The molecular formula is C18H24N2O. The van der Waals surface area contributed by atoms with Crippen LogP contribution in [0.25, 0.3) is 0 Å². The molecule has 112 valence electrons. The van der Waals surface area contributed by atoms with Crippen molar-refractivity contribution < 1.29 is 4.74 Å². The summed E-state index contributed by atoms with van der Waals surface area (Å²) in [5.74, 6) is 0.865. The Labute approximate surface area is 127 Å². The maximum absolute atomic E-state index is 6.07. The van der Waals surface area contributed by atoms with Crippen LogP contribution < -0.4 is 15.4 Å². The topological polar surface area (TPSA) is 38.5 Å². The number of likely N-dealkylation sites (N-methyl/N-ethyl adjacent to an activating group) is 1. The highest BCUT2D eigenvalue weighted by Gasteiger charge is 2.20. The summed E-state index contributed by atoms with van der Waals surface area (Å²) in [6, 6.07) is 14.7. The van der Waals surface area contributed by atoms with Gasteiger partial charge in [0.05, 0.1) is 18.8 Å². The third kappa shape index (κ3) is 3.19. The number of para-hydroxylation sites is 2. The van der Waals surface area contributed by atoms with E-state index in [4.69, 9.17) is 10.5 Å². The van der Waals surface area contributed by atoms with Gasteiger partial charge in [-0.3, -0.25) is 0 Å². The lowest BCUT2D eigenvalue weighted by Gasteiger charge is -2.31. The Kier molecular flexibility index (Phi) is 4.86. The normalized spacial score (nSPS) is 12.0. The first-order valence-electron chi connectivity index (χ1n) is 7.21. The Morgan fingerprint density at radius 3 is 2.52 bits per heavy atom. The van der Waals surface area contributed by atoms with Crippen LogP contribution in [0.5, 0.6) is 5.75 Å². The van der Waals surface area contributed by atoms with Gasteiger partial charge in [0.15, 0.2) is 0 Å². The van der Waals surface area contributed by atoms with E-state index in [1.807, 2.05) is 18.2 Å². The van der Waals surface area contributed by atoms with Crippen LogP contribution in [0.15, 0.2) is 42.5 Å². The predicted octanol–water partition coefficient (Wildman–Crippen LogP) is 3.45. The van der Waals surface area contributed by atoms with E-state index in [1.54, 1.807) is 7.11 Å². The molecule has 0 aliphatic rings. The Bertz CT molecular complexity index is 610. The van der Waals surface area contributed by atoms with Gasteiger partial charge in [-0.2, -0.15) is 0 Å².